The third-order valence-electron chi connectivity index (χ3n) is 4.36. The molecule has 0 aliphatic heterocycles. The van der Waals surface area contributed by atoms with E-state index in [0.717, 1.165) is 25.7 Å². The molecule has 0 bridgehead atoms. The van der Waals surface area contributed by atoms with Crippen molar-refractivity contribution in [1.29, 1.82) is 0 Å². The van der Waals surface area contributed by atoms with Gasteiger partial charge >= 0.3 is 18.2 Å². The van der Waals surface area contributed by atoms with Gasteiger partial charge in [0.1, 0.15) is 22.8 Å². The summed E-state index contributed by atoms with van der Waals surface area (Å²) in [5, 5.41) is 0. The molecule has 1 atom stereocenters. The van der Waals surface area contributed by atoms with E-state index in [1.54, 1.807) is 68.4 Å². The normalized spacial score (nSPS) is 13.3. The first kappa shape index (κ1) is 32.6. The smallest absolute Gasteiger partial charge is 0.420 e. The van der Waals surface area contributed by atoms with E-state index in [1.165, 1.54) is 6.08 Å². The van der Waals surface area contributed by atoms with Crippen LogP contribution in [0.4, 0.5) is 9.59 Å². The molecule has 0 radical (unpaired) electrons. The van der Waals surface area contributed by atoms with Gasteiger partial charge in [0.25, 0.3) is 0 Å². The Hall–Kier alpha value is -2.38. The van der Waals surface area contributed by atoms with Gasteiger partial charge in [-0.3, -0.25) is 4.79 Å². The fourth-order valence-electron chi connectivity index (χ4n) is 2.95. The summed E-state index contributed by atoms with van der Waals surface area (Å²) in [5.74, 6) is -0.750. The second-order valence-electron chi connectivity index (χ2n) is 11.6. The van der Waals surface area contributed by atoms with Crippen LogP contribution in [0.2, 0.25) is 0 Å². The first-order chi connectivity index (χ1) is 15.9. The highest BCUT2D eigenvalue weighted by Crippen LogP contribution is 2.22. The molecule has 0 spiro atoms. The monoisotopic (exact) mass is 497 g/mol. The van der Waals surface area contributed by atoms with Gasteiger partial charge in [-0.05, 0) is 87.7 Å². The maximum atomic E-state index is 13.1. The summed E-state index contributed by atoms with van der Waals surface area (Å²) in [7, 11) is 0. The Balaban J connectivity index is 5.78. The van der Waals surface area contributed by atoms with Gasteiger partial charge in [0.15, 0.2) is 5.78 Å². The number of ether oxygens (including phenoxy) is 3. The zero-order valence-corrected chi connectivity index (χ0v) is 23.5. The molecular weight excluding hydrogens is 450 g/mol. The van der Waals surface area contributed by atoms with Gasteiger partial charge in [0, 0.05) is 6.42 Å². The van der Waals surface area contributed by atoms with Gasteiger partial charge in [0.2, 0.25) is 0 Å². The number of esters is 1. The van der Waals surface area contributed by atoms with E-state index in [2.05, 4.69) is 6.92 Å². The van der Waals surface area contributed by atoms with Crippen LogP contribution in [0, 0.1) is 0 Å². The first-order valence-corrected chi connectivity index (χ1v) is 12.5. The molecule has 0 fully saturated rings. The number of amides is 2. The molecule has 0 saturated carbocycles. The molecule has 0 saturated heterocycles. The molecule has 2 amide bonds. The van der Waals surface area contributed by atoms with Crippen LogP contribution in [0.15, 0.2) is 12.2 Å². The molecule has 8 nitrogen and oxygen atoms in total. The summed E-state index contributed by atoms with van der Waals surface area (Å²) in [6, 6.07) is -1.29. The lowest BCUT2D eigenvalue weighted by molar-refractivity contribution is -0.161. The van der Waals surface area contributed by atoms with Gasteiger partial charge < -0.3 is 14.2 Å². The summed E-state index contributed by atoms with van der Waals surface area (Å²) in [6.45, 7) is 17.2. The molecule has 0 aromatic rings. The van der Waals surface area contributed by atoms with Gasteiger partial charge in [-0.1, -0.05) is 32.3 Å². The van der Waals surface area contributed by atoms with Crippen LogP contribution in [-0.2, 0) is 23.8 Å². The Morgan fingerprint density at radius 1 is 0.743 bits per heavy atom. The largest absolute Gasteiger partial charge is 0.458 e. The summed E-state index contributed by atoms with van der Waals surface area (Å²) < 4.78 is 16.3. The molecule has 8 heteroatoms. The highest BCUT2D eigenvalue weighted by atomic mass is 16.6. The van der Waals surface area contributed by atoms with Gasteiger partial charge in [-0.25, -0.2) is 14.4 Å². The minimum absolute atomic E-state index is 0.00561. The highest BCUT2D eigenvalue weighted by molar-refractivity contribution is 5.94. The van der Waals surface area contributed by atoms with Crippen LogP contribution >= 0.6 is 0 Å². The van der Waals surface area contributed by atoms with Crippen molar-refractivity contribution in [3.05, 3.63) is 12.2 Å². The van der Waals surface area contributed by atoms with Crippen molar-refractivity contribution >= 4 is 23.9 Å². The number of carbonyl (C=O) groups is 4. The van der Waals surface area contributed by atoms with E-state index in [9.17, 15) is 19.2 Å². The molecular formula is C27H47NO7. The standard InChI is InChI=1S/C27H47NO7/c1-11-12-13-14-17-20(29)18-15-16-19-21(22(30)33-25(2,3)4)28(23(31)34-26(5,6)7)24(32)35-27(8,9)10/h15,18,21H,11-14,16-17,19H2,1-10H3/b18-15+/t21-/m0/s1. The molecule has 202 valence electrons. The summed E-state index contributed by atoms with van der Waals surface area (Å²) in [4.78, 5) is 52.0. The minimum atomic E-state index is -1.29. The van der Waals surface area contributed by atoms with Gasteiger partial charge in [0.05, 0.1) is 0 Å². The molecule has 35 heavy (non-hydrogen) atoms. The quantitative estimate of drug-likeness (QED) is 0.135. The van der Waals surface area contributed by atoms with Crippen LogP contribution in [-0.4, -0.2) is 51.7 Å². The van der Waals surface area contributed by atoms with Crippen LogP contribution in [0.25, 0.3) is 0 Å². The molecule has 0 unspecified atom stereocenters. The van der Waals surface area contributed by atoms with Gasteiger partial charge in [-0.2, -0.15) is 4.90 Å². The molecule has 0 rings (SSSR count). The van der Waals surface area contributed by atoms with Crippen molar-refractivity contribution in [2.75, 3.05) is 0 Å². The number of hydrogen-bond donors (Lipinski definition) is 0. The second-order valence-corrected chi connectivity index (χ2v) is 11.6. The maximum Gasteiger partial charge on any atom is 0.420 e. The first-order valence-electron chi connectivity index (χ1n) is 12.5. The van der Waals surface area contributed by atoms with E-state index in [-0.39, 0.29) is 18.6 Å². The van der Waals surface area contributed by atoms with Crippen molar-refractivity contribution in [1.82, 2.24) is 4.90 Å². The van der Waals surface area contributed by atoms with Crippen molar-refractivity contribution in [2.45, 2.75) is 137 Å². The Morgan fingerprint density at radius 2 is 1.23 bits per heavy atom. The lowest BCUT2D eigenvalue weighted by Gasteiger charge is -2.33. The van der Waals surface area contributed by atoms with Gasteiger partial charge in [-0.15, -0.1) is 0 Å². The Morgan fingerprint density at radius 3 is 1.66 bits per heavy atom. The maximum absolute atomic E-state index is 13.1. The van der Waals surface area contributed by atoms with E-state index < -0.39 is 41.0 Å². The Bertz CT molecular complexity index is 708. The SMILES string of the molecule is CCCCCCC(=O)/C=C/CC[C@@H](C(=O)OC(C)(C)C)N(C(=O)OC(C)(C)C)C(=O)OC(C)(C)C. The fourth-order valence-corrected chi connectivity index (χ4v) is 2.95. The van der Waals surface area contributed by atoms with E-state index in [4.69, 9.17) is 14.2 Å². The number of carbonyl (C=O) groups excluding carboxylic acids is 4. The third-order valence-corrected chi connectivity index (χ3v) is 4.36. The number of ketones is 1. The second kappa shape index (κ2) is 14.2. The Kier molecular flexibility index (Phi) is 13.3. The number of rotatable bonds is 11. The number of hydrogen-bond acceptors (Lipinski definition) is 7. The lowest BCUT2D eigenvalue weighted by atomic mass is 10.1. The van der Waals surface area contributed by atoms with Crippen LogP contribution in [0.1, 0.15) is 114 Å². The highest BCUT2D eigenvalue weighted by Gasteiger charge is 2.41. The lowest BCUT2D eigenvalue weighted by Crippen LogP contribution is -2.53. The van der Waals surface area contributed by atoms with Crippen LogP contribution in [0.3, 0.4) is 0 Å². The third kappa shape index (κ3) is 16.0. The molecule has 0 N–H and O–H groups in total. The minimum Gasteiger partial charge on any atom is -0.458 e. The van der Waals surface area contributed by atoms with Crippen LogP contribution < -0.4 is 0 Å². The summed E-state index contributed by atoms with van der Waals surface area (Å²) in [5.41, 5.74) is -2.65. The summed E-state index contributed by atoms with van der Waals surface area (Å²) >= 11 is 0. The molecule has 0 aliphatic carbocycles. The number of imide groups is 1. The average Bonchev–Trinajstić information content (AvgIpc) is 2.63. The number of allylic oxidation sites excluding steroid dienone is 2. The average molecular weight is 498 g/mol. The number of unbranched alkanes of at least 4 members (excludes halogenated alkanes) is 3. The van der Waals surface area contributed by atoms with Crippen molar-refractivity contribution in [3.63, 3.8) is 0 Å². The Labute approximate surface area is 211 Å². The fraction of sp³-hybridized carbons (Fsp3) is 0.778. The van der Waals surface area contributed by atoms with E-state index in [0.29, 0.717) is 11.3 Å². The number of nitrogens with zero attached hydrogens (tertiary/aromatic N) is 1. The van der Waals surface area contributed by atoms with E-state index >= 15 is 0 Å². The zero-order chi connectivity index (χ0) is 27.4. The molecule has 0 aliphatic rings. The molecule has 0 aromatic heterocycles. The summed E-state index contributed by atoms with van der Waals surface area (Å²) in [6.07, 6.45) is 5.97. The van der Waals surface area contributed by atoms with Crippen molar-refractivity contribution in [3.8, 4) is 0 Å². The van der Waals surface area contributed by atoms with Crippen molar-refractivity contribution < 1.29 is 33.4 Å². The zero-order valence-electron chi connectivity index (χ0n) is 23.5. The molecule has 0 heterocycles. The predicted molar refractivity (Wildman–Crippen MR) is 136 cm³/mol. The van der Waals surface area contributed by atoms with E-state index in [1.807, 2.05) is 0 Å². The van der Waals surface area contributed by atoms with Crippen LogP contribution in [0.5, 0.6) is 0 Å². The molecule has 0 aromatic carbocycles. The predicted octanol–water partition coefficient (Wildman–Crippen LogP) is 6.74. The van der Waals surface area contributed by atoms with Crippen molar-refractivity contribution in [2.24, 2.45) is 0 Å². The topological polar surface area (TPSA) is 99.2 Å².